The molecule has 10 nitrogen and oxygen atoms in total. The van der Waals surface area contributed by atoms with Crippen molar-refractivity contribution in [3.63, 3.8) is 0 Å². The van der Waals surface area contributed by atoms with Crippen molar-refractivity contribution in [3.05, 3.63) is 24.3 Å². The van der Waals surface area contributed by atoms with E-state index in [1.807, 2.05) is 24.3 Å². The zero-order chi connectivity index (χ0) is 25.0. The van der Waals surface area contributed by atoms with E-state index < -0.39 is 0 Å². The van der Waals surface area contributed by atoms with Crippen molar-refractivity contribution >= 4 is 18.1 Å². The highest BCUT2D eigenvalue weighted by molar-refractivity contribution is 5.74. The minimum atomic E-state index is -0.324. The molecule has 2 aliphatic rings. The van der Waals surface area contributed by atoms with Crippen molar-refractivity contribution in [1.29, 1.82) is 0 Å². The molecule has 1 atom stereocenters. The topological polar surface area (TPSA) is 107 Å². The highest BCUT2D eigenvalue weighted by Crippen LogP contribution is 2.24. The summed E-state index contributed by atoms with van der Waals surface area (Å²) in [5.41, 5.74) is 0. The lowest BCUT2D eigenvalue weighted by atomic mass is 10.0. The number of nitrogens with one attached hydrogen (secondary N) is 1. The van der Waals surface area contributed by atoms with E-state index in [-0.39, 0.29) is 36.8 Å². The van der Waals surface area contributed by atoms with Crippen molar-refractivity contribution in [2.24, 2.45) is 0 Å². The lowest BCUT2D eigenvalue weighted by Gasteiger charge is -2.35. The van der Waals surface area contributed by atoms with E-state index in [9.17, 15) is 14.4 Å². The van der Waals surface area contributed by atoms with E-state index in [4.69, 9.17) is 18.9 Å². The van der Waals surface area contributed by atoms with Crippen LogP contribution >= 0.6 is 0 Å². The Hall–Kier alpha value is -3.17. The molecular weight excluding hydrogens is 454 g/mol. The fourth-order valence-electron chi connectivity index (χ4n) is 4.28. The number of carbonyl (C=O) groups is 3. The molecule has 2 heterocycles. The molecule has 1 aromatic carbocycles. The number of unbranched alkanes of at least 4 members (excludes halogenated alkanes) is 2. The summed E-state index contributed by atoms with van der Waals surface area (Å²) in [5, 5.41) is 2.95. The third kappa shape index (κ3) is 8.22. The van der Waals surface area contributed by atoms with Gasteiger partial charge in [-0.2, -0.15) is 0 Å². The van der Waals surface area contributed by atoms with Crippen molar-refractivity contribution < 1.29 is 33.3 Å². The standard InChI is InChI=1S/C25H37N3O7/c1-3-33-23(29)7-5-4-6-14-26-24(30)27-15-12-19(13-16-27)28-17-22(35-25(28)31)18-34-21-10-8-20(32-2)9-11-21/h8-11,19,22H,3-7,12-18H2,1-2H3,(H,26,30). The van der Waals surface area contributed by atoms with Gasteiger partial charge in [-0.1, -0.05) is 6.42 Å². The number of esters is 1. The van der Waals surface area contributed by atoms with Gasteiger partial charge in [-0.3, -0.25) is 4.79 Å². The van der Waals surface area contributed by atoms with Gasteiger partial charge in [0.2, 0.25) is 0 Å². The normalized spacial score (nSPS) is 18.2. The van der Waals surface area contributed by atoms with E-state index >= 15 is 0 Å². The Balaban J connectivity index is 1.30. The molecule has 10 heteroatoms. The number of cyclic esters (lactones) is 1. The summed E-state index contributed by atoms with van der Waals surface area (Å²) in [5.74, 6) is 1.28. The number of hydrogen-bond acceptors (Lipinski definition) is 7. The third-order valence-corrected chi connectivity index (χ3v) is 6.23. The SMILES string of the molecule is CCOC(=O)CCCCCNC(=O)N1CCC(N2CC(COc3ccc(OC)cc3)OC2=O)CC1. The molecule has 3 rings (SSSR count). The molecule has 2 fully saturated rings. The van der Waals surface area contributed by atoms with Crippen LogP contribution in [0.3, 0.4) is 0 Å². The fraction of sp³-hybridized carbons (Fsp3) is 0.640. The summed E-state index contributed by atoms with van der Waals surface area (Å²) in [6.07, 6.45) is 3.65. The molecule has 2 aliphatic heterocycles. The quantitative estimate of drug-likeness (QED) is 0.353. The van der Waals surface area contributed by atoms with Gasteiger partial charge in [-0.25, -0.2) is 9.59 Å². The first-order valence-electron chi connectivity index (χ1n) is 12.4. The maximum atomic E-state index is 12.4. The molecule has 0 aromatic heterocycles. The first-order chi connectivity index (χ1) is 17.0. The van der Waals surface area contributed by atoms with Crippen LogP contribution in [0.4, 0.5) is 9.59 Å². The van der Waals surface area contributed by atoms with E-state index in [2.05, 4.69) is 5.32 Å². The molecule has 194 valence electrons. The van der Waals surface area contributed by atoms with Crippen molar-refractivity contribution in [1.82, 2.24) is 15.1 Å². The number of methoxy groups -OCH3 is 1. The van der Waals surface area contributed by atoms with Crippen LogP contribution in [0.5, 0.6) is 11.5 Å². The maximum Gasteiger partial charge on any atom is 0.410 e. The Labute approximate surface area is 206 Å². The van der Waals surface area contributed by atoms with Crippen LogP contribution in [-0.4, -0.2) is 86.5 Å². The van der Waals surface area contributed by atoms with Crippen LogP contribution in [0.15, 0.2) is 24.3 Å². The summed E-state index contributed by atoms with van der Waals surface area (Å²) in [6.45, 7) is 4.74. The number of piperidine rings is 1. The first-order valence-corrected chi connectivity index (χ1v) is 12.4. The smallest absolute Gasteiger partial charge is 0.410 e. The van der Waals surface area contributed by atoms with Crippen LogP contribution in [0.2, 0.25) is 0 Å². The number of carbonyl (C=O) groups excluding carboxylic acids is 3. The molecule has 0 bridgehead atoms. The second-order valence-corrected chi connectivity index (χ2v) is 8.71. The van der Waals surface area contributed by atoms with Gasteiger partial charge < -0.3 is 34.1 Å². The molecule has 0 spiro atoms. The average Bonchev–Trinajstić information content (AvgIpc) is 3.25. The summed E-state index contributed by atoms with van der Waals surface area (Å²) in [6, 6.07) is 7.25. The van der Waals surface area contributed by atoms with Gasteiger partial charge in [-0.05, 0) is 56.9 Å². The Kier molecular flexibility index (Phi) is 10.3. The average molecular weight is 492 g/mol. The molecule has 1 unspecified atom stereocenters. The van der Waals surface area contributed by atoms with Crippen LogP contribution < -0.4 is 14.8 Å². The van der Waals surface area contributed by atoms with Gasteiger partial charge in [0.15, 0.2) is 6.10 Å². The van der Waals surface area contributed by atoms with Crippen LogP contribution in [0.25, 0.3) is 0 Å². The molecule has 35 heavy (non-hydrogen) atoms. The van der Waals surface area contributed by atoms with E-state index in [1.54, 1.807) is 23.8 Å². The number of urea groups is 1. The highest BCUT2D eigenvalue weighted by Gasteiger charge is 2.38. The lowest BCUT2D eigenvalue weighted by Crippen LogP contribution is -2.50. The lowest BCUT2D eigenvalue weighted by molar-refractivity contribution is -0.143. The van der Waals surface area contributed by atoms with Gasteiger partial charge in [0.1, 0.15) is 18.1 Å². The van der Waals surface area contributed by atoms with E-state index in [1.165, 1.54) is 0 Å². The molecular formula is C25H37N3O7. The number of benzene rings is 1. The summed E-state index contributed by atoms with van der Waals surface area (Å²) in [4.78, 5) is 39.7. The number of rotatable bonds is 12. The van der Waals surface area contributed by atoms with Gasteiger partial charge >= 0.3 is 18.1 Å². The zero-order valence-electron chi connectivity index (χ0n) is 20.7. The van der Waals surface area contributed by atoms with Crippen molar-refractivity contribution in [3.8, 4) is 11.5 Å². The molecule has 2 saturated heterocycles. The Bertz CT molecular complexity index is 825. The number of nitrogens with zero attached hydrogens (tertiary/aromatic N) is 2. The van der Waals surface area contributed by atoms with Gasteiger partial charge in [0.05, 0.1) is 20.3 Å². The summed E-state index contributed by atoms with van der Waals surface area (Å²) in [7, 11) is 1.61. The largest absolute Gasteiger partial charge is 0.497 e. The zero-order valence-corrected chi connectivity index (χ0v) is 20.7. The van der Waals surface area contributed by atoms with Crippen LogP contribution in [0, 0.1) is 0 Å². The molecule has 3 amide bonds. The number of likely N-dealkylation sites (tertiary alicyclic amines) is 1. The van der Waals surface area contributed by atoms with Gasteiger partial charge in [0, 0.05) is 32.1 Å². The van der Waals surface area contributed by atoms with Crippen molar-refractivity contribution in [2.45, 2.75) is 57.6 Å². The molecule has 0 radical (unpaired) electrons. The maximum absolute atomic E-state index is 12.4. The number of amides is 3. The highest BCUT2D eigenvalue weighted by atomic mass is 16.6. The second-order valence-electron chi connectivity index (χ2n) is 8.71. The fourth-order valence-corrected chi connectivity index (χ4v) is 4.28. The van der Waals surface area contributed by atoms with E-state index in [0.29, 0.717) is 57.8 Å². The Morgan fingerprint density at radius 3 is 2.49 bits per heavy atom. The minimum absolute atomic E-state index is 0.0559. The molecule has 0 aliphatic carbocycles. The van der Waals surface area contributed by atoms with E-state index in [0.717, 1.165) is 25.0 Å². The monoisotopic (exact) mass is 491 g/mol. The number of hydrogen-bond donors (Lipinski definition) is 1. The summed E-state index contributed by atoms with van der Waals surface area (Å²) >= 11 is 0. The Morgan fingerprint density at radius 1 is 1.09 bits per heavy atom. The second kappa shape index (κ2) is 13.7. The molecule has 1 aromatic rings. The first kappa shape index (κ1) is 26.4. The third-order valence-electron chi connectivity index (χ3n) is 6.23. The van der Waals surface area contributed by atoms with Gasteiger partial charge in [0.25, 0.3) is 0 Å². The predicted octanol–water partition coefficient (Wildman–Crippen LogP) is 3.19. The molecule has 1 N–H and O–H groups in total. The number of ether oxygens (including phenoxy) is 4. The Morgan fingerprint density at radius 2 is 1.80 bits per heavy atom. The van der Waals surface area contributed by atoms with Crippen molar-refractivity contribution in [2.75, 3.05) is 46.5 Å². The molecule has 0 saturated carbocycles. The van der Waals surface area contributed by atoms with Crippen LogP contribution in [0.1, 0.15) is 45.4 Å². The van der Waals surface area contributed by atoms with Crippen LogP contribution in [-0.2, 0) is 14.3 Å². The predicted molar refractivity (Wildman–Crippen MR) is 129 cm³/mol. The minimum Gasteiger partial charge on any atom is -0.497 e. The van der Waals surface area contributed by atoms with Gasteiger partial charge in [-0.15, -0.1) is 0 Å². The summed E-state index contributed by atoms with van der Waals surface area (Å²) < 4.78 is 21.3.